The van der Waals surface area contributed by atoms with Gasteiger partial charge in [0, 0.05) is 12.7 Å². The number of anilines is 2. The Balaban J connectivity index is 1.57. The fraction of sp³-hybridized carbons (Fsp3) is 0.235. The molecule has 0 spiro atoms. The standard InChI is InChI=1S/C17H16N4O2/c22-16(19-12-5-3-9-18-11-12)14-7-4-10-21(14)17-20-13-6-1-2-8-15(13)23-17/h1-3,5-6,8-9,11,14H,4,7,10H2,(H,19,22)/t14-/m0/s1. The van der Waals surface area contributed by atoms with Gasteiger partial charge in [-0.3, -0.25) is 9.78 Å². The second-order valence-electron chi connectivity index (χ2n) is 5.55. The number of nitrogens with zero attached hydrogens (tertiary/aromatic N) is 3. The van der Waals surface area contributed by atoms with Crippen LogP contribution in [0.25, 0.3) is 11.1 Å². The van der Waals surface area contributed by atoms with Crippen molar-refractivity contribution in [3.05, 3.63) is 48.8 Å². The fourth-order valence-corrected chi connectivity index (χ4v) is 2.91. The first-order valence-electron chi connectivity index (χ1n) is 7.64. The van der Waals surface area contributed by atoms with Crippen LogP contribution in [0.2, 0.25) is 0 Å². The molecule has 1 N–H and O–H groups in total. The molecule has 6 heteroatoms. The molecular weight excluding hydrogens is 292 g/mol. The van der Waals surface area contributed by atoms with Gasteiger partial charge >= 0.3 is 0 Å². The monoisotopic (exact) mass is 308 g/mol. The molecule has 4 rings (SSSR count). The summed E-state index contributed by atoms with van der Waals surface area (Å²) in [4.78, 5) is 23.0. The normalized spacial score (nSPS) is 17.6. The molecule has 116 valence electrons. The van der Waals surface area contributed by atoms with Gasteiger partial charge in [0.05, 0.1) is 11.9 Å². The second-order valence-corrected chi connectivity index (χ2v) is 5.55. The zero-order valence-corrected chi connectivity index (χ0v) is 12.5. The highest BCUT2D eigenvalue weighted by molar-refractivity contribution is 5.97. The Kier molecular flexibility index (Phi) is 3.42. The summed E-state index contributed by atoms with van der Waals surface area (Å²) in [5.41, 5.74) is 2.24. The summed E-state index contributed by atoms with van der Waals surface area (Å²) < 4.78 is 5.81. The number of pyridine rings is 1. The molecule has 1 aliphatic heterocycles. The number of carbonyl (C=O) groups is 1. The number of hydrogen-bond acceptors (Lipinski definition) is 5. The molecule has 0 saturated carbocycles. The van der Waals surface area contributed by atoms with Gasteiger partial charge in [-0.2, -0.15) is 4.98 Å². The number of fused-ring (bicyclic) bond motifs is 1. The third-order valence-corrected chi connectivity index (χ3v) is 4.01. The summed E-state index contributed by atoms with van der Waals surface area (Å²) in [6, 6.07) is 11.5. The maximum absolute atomic E-state index is 12.6. The van der Waals surface area contributed by atoms with E-state index in [9.17, 15) is 4.79 Å². The molecule has 0 aliphatic carbocycles. The van der Waals surface area contributed by atoms with E-state index < -0.39 is 0 Å². The minimum absolute atomic E-state index is 0.0576. The lowest BCUT2D eigenvalue weighted by Crippen LogP contribution is -2.39. The summed E-state index contributed by atoms with van der Waals surface area (Å²) in [5.74, 6) is -0.0576. The van der Waals surface area contributed by atoms with E-state index in [-0.39, 0.29) is 11.9 Å². The number of hydrogen-bond donors (Lipinski definition) is 1. The first kappa shape index (κ1) is 13.8. The number of aromatic nitrogens is 2. The van der Waals surface area contributed by atoms with E-state index in [1.807, 2.05) is 35.2 Å². The minimum Gasteiger partial charge on any atom is -0.423 e. The van der Waals surface area contributed by atoms with Gasteiger partial charge in [0.15, 0.2) is 5.58 Å². The average Bonchev–Trinajstić information content (AvgIpc) is 3.22. The lowest BCUT2D eigenvalue weighted by atomic mass is 10.2. The van der Waals surface area contributed by atoms with Crippen LogP contribution < -0.4 is 10.2 Å². The van der Waals surface area contributed by atoms with Crippen LogP contribution >= 0.6 is 0 Å². The Morgan fingerprint density at radius 3 is 3.00 bits per heavy atom. The molecule has 3 aromatic rings. The SMILES string of the molecule is O=C(Nc1cccnc1)[C@@H]1CCCN1c1nc2ccccc2o1. The smallest absolute Gasteiger partial charge is 0.299 e. The van der Waals surface area contributed by atoms with Crippen LogP contribution in [0, 0.1) is 0 Å². The molecule has 1 atom stereocenters. The Morgan fingerprint density at radius 1 is 1.26 bits per heavy atom. The number of nitrogens with one attached hydrogen (secondary N) is 1. The third-order valence-electron chi connectivity index (χ3n) is 4.01. The van der Waals surface area contributed by atoms with Crippen LogP contribution in [0.5, 0.6) is 0 Å². The fourth-order valence-electron chi connectivity index (χ4n) is 2.91. The number of carbonyl (C=O) groups excluding carboxylic acids is 1. The van der Waals surface area contributed by atoms with Gasteiger partial charge in [-0.25, -0.2) is 0 Å². The molecule has 0 bridgehead atoms. The number of rotatable bonds is 3. The molecule has 6 nitrogen and oxygen atoms in total. The molecule has 0 unspecified atom stereocenters. The Morgan fingerprint density at radius 2 is 2.17 bits per heavy atom. The summed E-state index contributed by atoms with van der Waals surface area (Å²) in [7, 11) is 0. The number of amides is 1. The maximum Gasteiger partial charge on any atom is 0.299 e. The van der Waals surface area contributed by atoms with E-state index in [1.165, 1.54) is 0 Å². The lowest BCUT2D eigenvalue weighted by molar-refractivity contribution is -0.117. The molecule has 1 saturated heterocycles. The molecule has 1 aromatic carbocycles. The van der Waals surface area contributed by atoms with E-state index >= 15 is 0 Å². The highest BCUT2D eigenvalue weighted by atomic mass is 16.4. The Bertz CT molecular complexity index is 798. The second kappa shape index (κ2) is 5.72. The van der Waals surface area contributed by atoms with Crippen molar-refractivity contribution >= 4 is 28.7 Å². The van der Waals surface area contributed by atoms with E-state index in [4.69, 9.17) is 4.42 Å². The van der Waals surface area contributed by atoms with Crippen LogP contribution in [-0.2, 0) is 4.79 Å². The predicted octanol–water partition coefficient (Wildman–Crippen LogP) is 2.83. The van der Waals surface area contributed by atoms with E-state index in [1.54, 1.807) is 18.5 Å². The predicted molar refractivity (Wildman–Crippen MR) is 87.2 cm³/mol. The van der Waals surface area contributed by atoms with Crippen LogP contribution in [-0.4, -0.2) is 28.5 Å². The summed E-state index contributed by atoms with van der Waals surface area (Å²) in [6.45, 7) is 0.762. The van der Waals surface area contributed by atoms with Crippen molar-refractivity contribution in [2.75, 3.05) is 16.8 Å². The van der Waals surface area contributed by atoms with Crippen LogP contribution in [0.4, 0.5) is 11.7 Å². The van der Waals surface area contributed by atoms with E-state index in [0.29, 0.717) is 11.7 Å². The van der Waals surface area contributed by atoms with Crippen molar-refractivity contribution < 1.29 is 9.21 Å². The summed E-state index contributed by atoms with van der Waals surface area (Å²) in [5, 5.41) is 2.90. The Hall–Kier alpha value is -2.89. The number of para-hydroxylation sites is 2. The first-order valence-corrected chi connectivity index (χ1v) is 7.64. The molecule has 0 radical (unpaired) electrons. The van der Waals surface area contributed by atoms with Gasteiger partial charge in [-0.1, -0.05) is 12.1 Å². The van der Waals surface area contributed by atoms with Crippen molar-refractivity contribution in [2.24, 2.45) is 0 Å². The quantitative estimate of drug-likeness (QED) is 0.805. The molecule has 23 heavy (non-hydrogen) atoms. The van der Waals surface area contributed by atoms with Gasteiger partial charge in [0.25, 0.3) is 6.01 Å². The van der Waals surface area contributed by atoms with Crippen LogP contribution in [0.1, 0.15) is 12.8 Å². The first-order chi connectivity index (χ1) is 11.3. The zero-order valence-electron chi connectivity index (χ0n) is 12.5. The van der Waals surface area contributed by atoms with E-state index in [0.717, 1.165) is 30.5 Å². The topological polar surface area (TPSA) is 71.3 Å². The van der Waals surface area contributed by atoms with Gasteiger partial charge in [-0.05, 0) is 37.1 Å². The molecule has 1 amide bonds. The molecular formula is C17H16N4O2. The van der Waals surface area contributed by atoms with E-state index in [2.05, 4.69) is 15.3 Å². The number of benzene rings is 1. The Labute approximate surface area is 133 Å². The highest BCUT2D eigenvalue weighted by Crippen LogP contribution is 2.28. The van der Waals surface area contributed by atoms with Crippen molar-refractivity contribution in [1.82, 2.24) is 9.97 Å². The van der Waals surface area contributed by atoms with Crippen molar-refractivity contribution in [3.63, 3.8) is 0 Å². The highest BCUT2D eigenvalue weighted by Gasteiger charge is 2.33. The van der Waals surface area contributed by atoms with Crippen LogP contribution in [0.3, 0.4) is 0 Å². The minimum atomic E-state index is -0.275. The summed E-state index contributed by atoms with van der Waals surface area (Å²) >= 11 is 0. The molecule has 2 aromatic heterocycles. The van der Waals surface area contributed by atoms with Gasteiger partial charge in [-0.15, -0.1) is 0 Å². The van der Waals surface area contributed by atoms with Crippen molar-refractivity contribution in [3.8, 4) is 0 Å². The van der Waals surface area contributed by atoms with Crippen molar-refractivity contribution in [1.29, 1.82) is 0 Å². The summed E-state index contributed by atoms with van der Waals surface area (Å²) in [6.07, 6.45) is 5.03. The van der Waals surface area contributed by atoms with Crippen LogP contribution in [0.15, 0.2) is 53.2 Å². The van der Waals surface area contributed by atoms with Gasteiger partial charge < -0.3 is 14.6 Å². The molecule has 1 aliphatic rings. The lowest BCUT2D eigenvalue weighted by Gasteiger charge is -2.21. The zero-order chi connectivity index (χ0) is 15.6. The maximum atomic E-state index is 12.6. The average molecular weight is 308 g/mol. The van der Waals surface area contributed by atoms with Crippen molar-refractivity contribution in [2.45, 2.75) is 18.9 Å². The number of oxazole rings is 1. The molecule has 3 heterocycles. The third kappa shape index (κ3) is 2.63. The molecule has 1 fully saturated rings. The van der Waals surface area contributed by atoms with Gasteiger partial charge in [0.1, 0.15) is 11.6 Å². The largest absolute Gasteiger partial charge is 0.423 e. The van der Waals surface area contributed by atoms with Gasteiger partial charge in [0.2, 0.25) is 5.91 Å².